The van der Waals surface area contributed by atoms with Crippen LogP contribution in [0.15, 0.2) is 39.6 Å². The number of H-pyrrole nitrogens is 1. The van der Waals surface area contributed by atoms with Gasteiger partial charge in [-0.05, 0) is 12.1 Å². The van der Waals surface area contributed by atoms with Gasteiger partial charge in [0.25, 0.3) is 0 Å². The number of rotatable bonds is 3. The SMILES string of the molecule is COCC1OC(=Nc2nccs2)c2c1[nH]c1c(C(F)(F)F)cccc1c2=O. The van der Waals surface area contributed by atoms with Gasteiger partial charge in [-0.3, -0.25) is 4.79 Å². The molecule has 0 bridgehead atoms. The molecule has 0 spiro atoms. The summed E-state index contributed by atoms with van der Waals surface area (Å²) < 4.78 is 50.9. The number of fused-ring (bicyclic) bond motifs is 2. The first kappa shape index (κ1) is 17.7. The van der Waals surface area contributed by atoms with Gasteiger partial charge in [0.15, 0.2) is 6.10 Å². The topological polar surface area (TPSA) is 76.6 Å². The highest BCUT2D eigenvalue weighted by Gasteiger charge is 2.37. The molecule has 1 aromatic carbocycles. The molecule has 0 saturated carbocycles. The summed E-state index contributed by atoms with van der Waals surface area (Å²) in [6, 6.07) is 3.47. The third-order valence-electron chi connectivity index (χ3n) is 4.09. The number of halogens is 3. The van der Waals surface area contributed by atoms with Gasteiger partial charge in [0.2, 0.25) is 16.5 Å². The van der Waals surface area contributed by atoms with Crippen LogP contribution >= 0.6 is 11.3 Å². The van der Waals surface area contributed by atoms with Crippen LogP contribution in [0, 0.1) is 0 Å². The molecule has 1 aliphatic rings. The maximum atomic E-state index is 13.4. The zero-order chi connectivity index (χ0) is 19.2. The molecular formula is C17H12F3N3O3S. The van der Waals surface area contributed by atoms with E-state index in [9.17, 15) is 18.0 Å². The van der Waals surface area contributed by atoms with E-state index in [2.05, 4.69) is 15.0 Å². The van der Waals surface area contributed by atoms with Gasteiger partial charge in [0.05, 0.1) is 23.4 Å². The fraction of sp³-hybridized carbons (Fsp3) is 0.235. The normalized spacial score (nSPS) is 18.1. The number of hydrogen-bond donors (Lipinski definition) is 1. The molecule has 10 heteroatoms. The van der Waals surface area contributed by atoms with Gasteiger partial charge >= 0.3 is 6.18 Å². The van der Waals surface area contributed by atoms with Gasteiger partial charge in [0, 0.05) is 24.1 Å². The van der Waals surface area contributed by atoms with Crippen LogP contribution in [0.25, 0.3) is 10.9 Å². The number of aromatic nitrogens is 2. The van der Waals surface area contributed by atoms with Crippen LogP contribution in [0.2, 0.25) is 0 Å². The van der Waals surface area contributed by atoms with Gasteiger partial charge in [-0.1, -0.05) is 6.07 Å². The zero-order valence-corrected chi connectivity index (χ0v) is 14.6. The second kappa shape index (κ2) is 6.46. The first-order chi connectivity index (χ1) is 12.9. The Morgan fingerprint density at radius 2 is 2.22 bits per heavy atom. The van der Waals surface area contributed by atoms with Crippen LogP contribution < -0.4 is 5.43 Å². The van der Waals surface area contributed by atoms with E-state index < -0.39 is 23.3 Å². The molecule has 2 aromatic heterocycles. The fourth-order valence-electron chi connectivity index (χ4n) is 2.98. The number of benzene rings is 1. The first-order valence-electron chi connectivity index (χ1n) is 7.80. The highest BCUT2D eigenvalue weighted by Crippen LogP contribution is 2.36. The maximum Gasteiger partial charge on any atom is 0.418 e. The van der Waals surface area contributed by atoms with E-state index >= 15 is 0 Å². The molecule has 1 aliphatic heterocycles. The number of ether oxygens (including phenoxy) is 2. The summed E-state index contributed by atoms with van der Waals surface area (Å²) in [4.78, 5) is 24.0. The lowest BCUT2D eigenvalue weighted by Crippen LogP contribution is -2.18. The molecule has 1 unspecified atom stereocenters. The molecule has 1 atom stereocenters. The fourth-order valence-corrected chi connectivity index (χ4v) is 3.48. The van der Waals surface area contributed by atoms with Crippen molar-refractivity contribution in [1.82, 2.24) is 9.97 Å². The van der Waals surface area contributed by atoms with Crippen LogP contribution in [0.5, 0.6) is 0 Å². The van der Waals surface area contributed by atoms with E-state index in [4.69, 9.17) is 9.47 Å². The van der Waals surface area contributed by atoms with Crippen molar-refractivity contribution in [3.8, 4) is 0 Å². The van der Waals surface area contributed by atoms with Gasteiger partial charge < -0.3 is 14.5 Å². The predicted molar refractivity (Wildman–Crippen MR) is 93.6 cm³/mol. The summed E-state index contributed by atoms with van der Waals surface area (Å²) in [6.07, 6.45) is -3.83. The maximum absolute atomic E-state index is 13.4. The summed E-state index contributed by atoms with van der Waals surface area (Å²) in [5.41, 5.74) is -1.48. The smallest absolute Gasteiger partial charge is 0.418 e. The molecule has 27 heavy (non-hydrogen) atoms. The standard InChI is InChI=1S/C17H12F3N3O3S/c1-25-7-10-13-11(15(26-10)23-16-21-5-6-27-16)14(24)8-3-2-4-9(12(8)22-13)17(18,19)20/h2-6,10H,7H2,1H3,(H,22,24). The van der Waals surface area contributed by atoms with Crippen LogP contribution in [-0.2, 0) is 15.7 Å². The van der Waals surface area contributed by atoms with Crippen molar-refractivity contribution in [2.75, 3.05) is 13.7 Å². The minimum atomic E-state index is -4.61. The number of aliphatic imine (C=N–C) groups is 1. The highest BCUT2D eigenvalue weighted by molar-refractivity contribution is 7.13. The molecule has 0 aliphatic carbocycles. The van der Waals surface area contributed by atoms with Crippen molar-refractivity contribution in [1.29, 1.82) is 0 Å². The summed E-state index contributed by atoms with van der Waals surface area (Å²) in [5, 5.41) is 2.00. The Labute approximate surface area is 154 Å². The van der Waals surface area contributed by atoms with Crippen molar-refractivity contribution >= 4 is 33.3 Å². The molecule has 3 aromatic rings. The Hall–Kier alpha value is -2.72. The van der Waals surface area contributed by atoms with Gasteiger partial charge in [-0.15, -0.1) is 11.3 Å². The van der Waals surface area contributed by atoms with Crippen LogP contribution in [0.3, 0.4) is 0 Å². The lowest BCUT2D eigenvalue weighted by Gasteiger charge is -2.13. The van der Waals surface area contributed by atoms with Gasteiger partial charge in [0.1, 0.15) is 5.56 Å². The zero-order valence-electron chi connectivity index (χ0n) is 13.8. The van der Waals surface area contributed by atoms with E-state index in [0.717, 1.165) is 6.07 Å². The van der Waals surface area contributed by atoms with E-state index in [0.29, 0.717) is 5.13 Å². The lowest BCUT2D eigenvalue weighted by atomic mass is 10.0. The van der Waals surface area contributed by atoms with E-state index in [-0.39, 0.29) is 34.7 Å². The van der Waals surface area contributed by atoms with Crippen LogP contribution in [0.4, 0.5) is 18.3 Å². The molecular weight excluding hydrogens is 383 g/mol. The number of methoxy groups -OCH3 is 1. The summed E-state index contributed by atoms with van der Waals surface area (Å²) >= 11 is 1.24. The monoisotopic (exact) mass is 395 g/mol. The molecule has 6 nitrogen and oxygen atoms in total. The minimum absolute atomic E-state index is 0.0163. The van der Waals surface area contributed by atoms with E-state index in [1.165, 1.54) is 30.6 Å². The molecule has 0 radical (unpaired) electrons. The Morgan fingerprint density at radius 3 is 2.89 bits per heavy atom. The average Bonchev–Trinajstić information content (AvgIpc) is 3.23. The Kier molecular flexibility index (Phi) is 4.23. The molecule has 140 valence electrons. The largest absolute Gasteiger partial charge is 0.465 e. The summed E-state index contributed by atoms with van der Waals surface area (Å²) in [6.45, 7) is 0.0412. The number of nitrogens with zero attached hydrogens (tertiary/aromatic N) is 2. The van der Waals surface area contributed by atoms with Crippen molar-refractivity contribution in [3.63, 3.8) is 0 Å². The molecule has 3 heterocycles. The van der Waals surface area contributed by atoms with Crippen LogP contribution in [0.1, 0.15) is 22.9 Å². The molecule has 0 saturated heterocycles. The lowest BCUT2D eigenvalue weighted by molar-refractivity contribution is -0.136. The molecule has 0 fully saturated rings. The minimum Gasteiger partial charge on any atom is -0.465 e. The predicted octanol–water partition coefficient (Wildman–Crippen LogP) is 3.80. The molecule has 4 rings (SSSR count). The number of thiazole rings is 1. The highest BCUT2D eigenvalue weighted by atomic mass is 32.1. The van der Waals surface area contributed by atoms with Crippen molar-refractivity contribution in [2.24, 2.45) is 4.99 Å². The summed E-state index contributed by atoms with van der Waals surface area (Å²) in [5.74, 6) is 0.0163. The van der Waals surface area contributed by atoms with Gasteiger partial charge in [-0.25, -0.2) is 4.98 Å². The van der Waals surface area contributed by atoms with E-state index in [1.807, 2.05) is 0 Å². The van der Waals surface area contributed by atoms with E-state index in [1.54, 1.807) is 11.6 Å². The molecule has 0 amide bonds. The number of aromatic amines is 1. The number of alkyl halides is 3. The number of pyridine rings is 1. The second-order valence-corrected chi connectivity index (χ2v) is 6.64. The van der Waals surface area contributed by atoms with Crippen molar-refractivity contribution in [2.45, 2.75) is 12.3 Å². The number of para-hydroxylation sites is 1. The number of hydrogen-bond acceptors (Lipinski definition) is 6. The quantitative estimate of drug-likeness (QED) is 0.732. The summed E-state index contributed by atoms with van der Waals surface area (Å²) in [7, 11) is 1.43. The van der Waals surface area contributed by atoms with Crippen molar-refractivity contribution in [3.05, 3.63) is 56.8 Å². The van der Waals surface area contributed by atoms with Gasteiger partial charge in [-0.2, -0.15) is 18.2 Å². The third kappa shape index (κ3) is 3.00. The first-order valence-corrected chi connectivity index (χ1v) is 8.68. The second-order valence-electron chi connectivity index (χ2n) is 5.76. The number of nitrogens with one attached hydrogen (secondary N) is 1. The third-order valence-corrected chi connectivity index (χ3v) is 4.76. The Bertz CT molecular complexity index is 1090. The van der Waals surface area contributed by atoms with Crippen LogP contribution in [-0.4, -0.2) is 29.6 Å². The Morgan fingerprint density at radius 1 is 1.41 bits per heavy atom. The molecule has 1 N–H and O–H groups in total. The van der Waals surface area contributed by atoms with Crippen molar-refractivity contribution < 1.29 is 22.6 Å². The average molecular weight is 395 g/mol. The Balaban J connectivity index is 2.00.